The fourth-order valence-electron chi connectivity index (χ4n) is 2.96. The lowest BCUT2D eigenvalue weighted by atomic mass is 9.82. The van der Waals surface area contributed by atoms with E-state index in [1.54, 1.807) is 0 Å². The highest BCUT2D eigenvalue weighted by atomic mass is 35.5. The molecule has 0 radical (unpaired) electrons. The Bertz CT molecular complexity index is 1010. The largest absolute Gasteiger partial charge is 0.506 e. The summed E-state index contributed by atoms with van der Waals surface area (Å²) >= 11 is 5.78. The van der Waals surface area contributed by atoms with E-state index in [4.69, 9.17) is 21.4 Å². The number of carbonyl (C=O) groups is 2. The van der Waals surface area contributed by atoms with Gasteiger partial charge in [-0.3, -0.25) is 9.59 Å². The van der Waals surface area contributed by atoms with Crippen LogP contribution in [0.25, 0.3) is 6.08 Å². The zero-order chi connectivity index (χ0) is 22.1. The van der Waals surface area contributed by atoms with Crippen LogP contribution in [-0.4, -0.2) is 28.1 Å². The molecular weight excluding hydrogens is 425 g/mol. The van der Waals surface area contributed by atoms with E-state index in [0.29, 0.717) is 0 Å². The first-order valence-corrected chi connectivity index (χ1v) is 9.24. The number of ether oxygens (including phenoxy) is 1. The molecule has 5 nitrogen and oxygen atoms in total. The van der Waals surface area contributed by atoms with Crippen LogP contribution in [0.5, 0.6) is 11.5 Å². The third-order valence-electron chi connectivity index (χ3n) is 4.75. The van der Waals surface area contributed by atoms with Crippen molar-refractivity contribution in [2.75, 3.05) is 0 Å². The van der Waals surface area contributed by atoms with Gasteiger partial charge in [-0.25, -0.2) is 0 Å². The number of alkyl halides is 3. The van der Waals surface area contributed by atoms with E-state index in [2.05, 4.69) is 0 Å². The van der Waals surface area contributed by atoms with Crippen molar-refractivity contribution in [1.82, 2.24) is 0 Å². The van der Waals surface area contributed by atoms with Crippen molar-refractivity contribution in [2.45, 2.75) is 25.1 Å². The van der Waals surface area contributed by atoms with Crippen LogP contribution in [0, 0.1) is 5.92 Å². The topological polar surface area (TPSA) is 83.8 Å². The molecule has 2 aromatic carbocycles. The van der Waals surface area contributed by atoms with Gasteiger partial charge in [-0.1, -0.05) is 23.7 Å². The van der Waals surface area contributed by atoms with Crippen molar-refractivity contribution in [3.05, 3.63) is 64.2 Å². The molecule has 0 aromatic heterocycles. The molecule has 0 spiro atoms. The Labute approximate surface area is 174 Å². The van der Waals surface area contributed by atoms with Gasteiger partial charge in [0.15, 0.2) is 5.78 Å². The minimum atomic E-state index is -4.59. The van der Waals surface area contributed by atoms with E-state index in [1.165, 1.54) is 24.3 Å². The second-order valence-electron chi connectivity index (χ2n) is 6.83. The molecule has 158 valence electrons. The molecule has 0 amide bonds. The number of carboxylic acids is 1. The summed E-state index contributed by atoms with van der Waals surface area (Å²) in [6.45, 7) is 0. The second-order valence-corrected chi connectivity index (χ2v) is 7.24. The van der Waals surface area contributed by atoms with Crippen LogP contribution >= 0.6 is 11.6 Å². The quantitative estimate of drug-likeness (QED) is 0.476. The number of carboxylic acid groups (broad SMARTS) is 1. The third-order valence-corrected chi connectivity index (χ3v) is 5.05. The van der Waals surface area contributed by atoms with E-state index >= 15 is 0 Å². The van der Waals surface area contributed by atoms with Gasteiger partial charge in [-0.15, -0.1) is 0 Å². The number of hydrogen-bond acceptors (Lipinski definition) is 4. The summed E-state index contributed by atoms with van der Waals surface area (Å²) in [4.78, 5) is 23.3. The van der Waals surface area contributed by atoms with Crippen LogP contribution in [0.3, 0.4) is 0 Å². The predicted molar refractivity (Wildman–Crippen MR) is 103 cm³/mol. The van der Waals surface area contributed by atoms with Gasteiger partial charge in [-0.2, -0.15) is 13.2 Å². The summed E-state index contributed by atoms with van der Waals surface area (Å²) in [6, 6.07) is 7.07. The maximum Gasteiger partial charge on any atom is 0.416 e. The number of allylic oxidation sites excluding steroid dienone is 1. The summed E-state index contributed by atoms with van der Waals surface area (Å²) in [5, 5.41) is 18.8. The summed E-state index contributed by atoms with van der Waals surface area (Å²) in [7, 11) is 0. The maximum atomic E-state index is 13.1. The number of rotatable bonds is 6. The van der Waals surface area contributed by atoms with E-state index in [9.17, 15) is 27.9 Å². The highest BCUT2D eigenvalue weighted by molar-refractivity contribution is 6.32. The molecule has 1 aliphatic carbocycles. The zero-order valence-electron chi connectivity index (χ0n) is 15.3. The number of halogens is 4. The summed E-state index contributed by atoms with van der Waals surface area (Å²) < 4.78 is 44.8. The minimum Gasteiger partial charge on any atom is -0.506 e. The molecule has 2 aromatic rings. The fraction of sp³-hybridized carbons (Fsp3) is 0.238. The molecule has 0 heterocycles. The number of phenols is 1. The van der Waals surface area contributed by atoms with Gasteiger partial charge >= 0.3 is 12.1 Å². The maximum absolute atomic E-state index is 13.1. The lowest BCUT2D eigenvalue weighted by Gasteiger charge is -2.33. The number of phenolic OH excluding ortho intramolecular Hbond substituents is 1. The van der Waals surface area contributed by atoms with Crippen molar-refractivity contribution in [1.29, 1.82) is 0 Å². The first kappa shape index (κ1) is 21.7. The van der Waals surface area contributed by atoms with Gasteiger partial charge in [0.1, 0.15) is 17.6 Å². The highest BCUT2D eigenvalue weighted by Crippen LogP contribution is 2.37. The van der Waals surface area contributed by atoms with E-state index < -0.39 is 41.3 Å². The number of aliphatic carboxylic acids is 1. The van der Waals surface area contributed by atoms with Crippen LogP contribution in [-0.2, 0) is 11.0 Å². The van der Waals surface area contributed by atoms with Gasteiger partial charge in [0.2, 0.25) is 0 Å². The van der Waals surface area contributed by atoms with Crippen LogP contribution in [0.15, 0.2) is 42.5 Å². The van der Waals surface area contributed by atoms with Gasteiger partial charge in [-0.05, 0) is 49.3 Å². The Balaban J connectivity index is 1.85. The lowest BCUT2D eigenvalue weighted by Crippen LogP contribution is -2.38. The Kier molecular flexibility index (Phi) is 6.07. The van der Waals surface area contributed by atoms with Crippen LogP contribution < -0.4 is 4.74 Å². The Morgan fingerprint density at radius 1 is 1.17 bits per heavy atom. The molecule has 30 heavy (non-hydrogen) atoms. The van der Waals surface area contributed by atoms with Crippen LogP contribution in [0.4, 0.5) is 13.2 Å². The van der Waals surface area contributed by atoms with Crippen LogP contribution in [0.1, 0.15) is 34.3 Å². The molecule has 3 rings (SSSR count). The average Bonchev–Trinajstić information content (AvgIpc) is 2.63. The predicted octanol–water partition coefficient (Wildman–Crippen LogP) is 5.20. The molecule has 0 atom stereocenters. The number of hydrogen-bond donors (Lipinski definition) is 2. The molecule has 0 aliphatic heterocycles. The molecule has 9 heteroatoms. The van der Waals surface area contributed by atoms with Crippen molar-refractivity contribution in [2.24, 2.45) is 5.92 Å². The average molecular weight is 441 g/mol. The van der Waals surface area contributed by atoms with Crippen molar-refractivity contribution in [3.63, 3.8) is 0 Å². The lowest BCUT2D eigenvalue weighted by molar-refractivity contribution is -0.147. The second kappa shape index (κ2) is 8.39. The molecule has 0 bridgehead atoms. The van der Waals surface area contributed by atoms with Gasteiger partial charge < -0.3 is 14.9 Å². The smallest absolute Gasteiger partial charge is 0.416 e. The van der Waals surface area contributed by atoms with E-state index in [0.717, 1.165) is 24.3 Å². The first-order valence-electron chi connectivity index (χ1n) is 8.87. The molecule has 0 saturated heterocycles. The molecule has 2 N–H and O–H groups in total. The normalized spacial score (nSPS) is 18.8. The molecule has 0 unspecified atom stereocenters. The van der Waals surface area contributed by atoms with Crippen molar-refractivity contribution in [3.8, 4) is 11.5 Å². The standard InChI is InChI=1S/C21H16ClF3O5/c22-16-3-1-2-15(19(16)27)17(26)7-5-11-4-6-13(21(23,24)25)10-18(11)30-14-8-12(9-14)20(28)29/h1-7,10,12,14,27H,8-9H2,(H,28,29)/b7-5+. The van der Waals surface area contributed by atoms with Gasteiger partial charge in [0.25, 0.3) is 0 Å². The number of benzene rings is 2. The van der Waals surface area contributed by atoms with Crippen LogP contribution in [0.2, 0.25) is 5.02 Å². The first-order chi connectivity index (χ1) is 14.1. The molecule has 1 saturated carbocycles. The molecule has 1 fully saturated rings. The highest BCUT2D eigenvalue weighted by Gasteiger charge is 2.37. The van der Waals surface area contributed by atoms with Crippen molar-refractivity contribution >= 4 is 29.4 Å². The fourth-order valence-corrected chi connectivity index (χ4v) is 3.14. The van der Waals surface area contributed by atoms with E-state index in [1.807, 2.05) is 0 Å². The molecular formula is C21H16ClF3O5. The summed E-state index contributed by atoms with van der Waals surface area (Å²) in [6.07, 6.45) is -2.40. The number of carbonyl (C=O) groups excluding carboxylic acids is 1. The van der Waals surface area contributed by atoms with Gasteiger partial charge in [0, 0.05) is 5.56 Å². The van der Waals surface area contributed by atoms with Gasteiger partial charge in [0.05, 0.1) is 22.1 Å². The zero-order valence-corrected chi connectivity index (χ0v) is 16.1. The summed E-state index contributed by atoms with van der Waals surface area (Å²) in [5.74, 6) is -2.68. The third kappa shape index (κ3) is 4.76. The number of aromatic hydroxyl groups is 1. The summed E-state index contributed by atoms with van der Waals surface area (Å²) in [5.41, 5.74) is -0.782. The Morgan fingerprint density at radius 2 is 1.87 bits per heavy atom. The Morgan fingerprint density at radius 3 is 2.50 bits per heavy atom. The minimum absolute atomic E-state index is 0.00855. The number of ketones is 1. The SMILES string of the molecule is O=C(/C=C/c1ccc(C(F)(F)F)cc1OC1CC(C(=O)O)C1)c1cccc(Cl)c1O. The van der Waals surface area contributed by atoms with Crippen molar-refractivity contribution < 1.29 is 37.7 Å². The molecule has 1 aliphatic rings. The Hall–Kier alpha value is -3.00. The monoisotopic (exact) mass is 440 g/mol. The number of para-hydroxylation sites is 1. The van der Waals surface area contributed by atoms with E-state index in [-0.39, 0.29) is 34.7 Å².